The minimum atomic E-state index is -0.774. The Morgan fingerprint density at radius 1 is 1.12 bits per heavy atom. The number of nitrogens with one attached hydrogen (secondary N) is 2. The summed E-state index contributed by atoms with van der Waals surface area (Å²) >= 11 is 6.24. The van der Waals surface area contributed by atoms with Crippen LogP contribution in [0.3, 0.4) is 0 Å². The molecule has 0 aliphatic carbocycles. The van der Waals surface area contributed by atoms with Crippen molar-refractivity contribution in [2.75, 3.05) is 36.4 Å². The third kappa shape index (κ3) is 3.97. The molecule has 0 spiro atoms. The molecule has 1 fully saturated rings. The van der Waals surface area contributed by atoms with E-state index in [1.807, 2.05) is 24.3 Å². The van der Waals surface area contributed by atoms with Gasteiger partial charge in [-0.25, -0.2) is 8.78 Å². The maximum atomic E-state index is 13.7. The molecule has 1 amide bonds. The van der Waals surface area contributed by atoms with E-state index in [1.54, 1.807) is 6.92 Å². The number of nitrogens with zero attached hydrogens (tertiary/aromatic N) is 1. The molecule has 2 aromatic rings. The number of carbonyl (C=O) groups excluding carboxylic acids is 1. The van der Waals surface area contributed by atoms with Gasteiger partial charge in [0.15, 0.2) is 6.04 Å². The van der Waals surface area contributed by atoms with Gasteiger partial charge in [-0.1, -0.05) is 29.8 Å². The van der Waals surface area contributed by atoms with E-state index in [9.17, 15) is 13.6 Å². The summed E-state index contributed by atoms with van der Waals surface area (Å²) in [5, 5.41) is 3.09. The lowest BCUT2D eigenvalue weighted by molar-refractivity contribution is -0.914. The molecular formula is C19H21ClF2N3O+. The number of anilines is 2. The van der Waals surface area contributed by atoms with Gasteiger partial charge in [0.25, 0.3) is 5.91 Å². The molecule has 1 aliphatic rings. The predicted molar refractivity (Wildman–Crippen MR) is 98.8 cm³/mol. The van der Waals surface area contributed by atoms with Crippen LogP contribution in [0.4, 0.5) is 20.2 Å². The third-order valence-corrected chi connectivity index (χ3v) is 5.14. The van der Waals surface area contributed by atoms with E-state index < -0.39 is 29.3 Å². The highest BCUT2D eigenvalue weighted by Gasteiger charge is 2.30. The average Bonchev–Trinajstić information content (AvgIpc) is 2.65. The second-order valence-electron chi connectivity index (χ2n) is 6.40. The first-order chi connectivity index (χ1) is 12.5. The molecule has 4 nitrogen and oxygen atoms in total. The van der Waals surface area contributed by atoms with Crippen LogP contribution in [-0.2, 0) is 4.79 Å². The summed E-state index contributed by atoms with van der Waals surface area (Å²) in [4.78, 5) is 15.7. The molecule has 1 aliphatic heterocycles. The number of amides is 1. The summed E-state index contributed by atoms with van der Waals surface area (Å²) in [7, 11) is 0. The number of hydrogen-bond acceptors (Lipinski definition) is 2. The monoisotopic (exact) mass is 380 g/mol. The largest absolute Gasteiger partial charge is 0.359 e. The van der Waals surface area contributed by atoms with Crippen molar-refractivity contribution in [3.63, 3.8) is 0 Å². The molecule has 3 rings (SSSR count). The van der Waals surface area contributed by atoms with Crippen LogP contribution in [0.15, 0.2) is 42.5 Å². The molecule has 2 aromatic carbocycles. The Labute approximate surface area is 156 Å². The van der Waals surface area contributed by atoms with Gasteiger partial charge in [0, 0.05) is 0 Å². The quantitative estimate of drug-likeness (QED) is 0.854. The first kappa shape index (κ1) is 18.6. The van der Waals surface area contributed by atoms with Crippen LogP contribution >= 0.6 is 11.6 Å². The highest BCUT2D eigenvalue weighted by Crippen LogP contribution is 2.25. The second kappa shape index (κ2) is 8.01. The molecule has 1 saturated heterocycles. The van der Waals surface area contributed by atoms with Crippen molar-refractivity contribution < 1.29 is 18.5 Å². The van der Waals surface area contributed by atoms with Crippen molar-refractivity contribution in [2.24, 2.45) is 0 Å². The van der Waals surface area contributed by atoms with E-state index in [-0.39, 0.29) is 0 Å². The van der Waals surface area contributed by atoms with Crippen LogP contribution in [0.1, 0.15) is 6.92 Å². The lowest BCUT2D eigenvalue weighted by atomic mass is 10.2. The van der Waals surface area contributed by atoms with E-state index in [1.165, 1.54) is 6.07 Å². The fraction of sp³-hybridized carbons (Fsp3) is 0.316. The molecule has 138 valence electrons. The van der Waals surface area contributed by atoms with Gasteiger partial charge in [0.1, 0.15) is 17.3 Å². The normalized spacial score (nSPS) is 16.4. The van der Waals surface area contributed by atoms with Crippen LogP contribution in [0.2, 0.25) is 5.02 Å². The number of rotatable bonds is 4. The highest BCUT2D eigenvalue weighted by atomic mass is 35.5. The van der Waals surface area contributed by atoms with Crippen LogP contribution < -0.4 is 15.1 Å². The van der Waals surface area contributed by atoms with Gasteiger partial charge in [0.2, 0.25) is 0 Å². The number of para-hydroxylation sites is 2. The third-order valence-electron chi connectivity index (χ3n) is 4.82. The van der Waals surface area contributed by atoms with Crippen molar-refractivity contribution in [2.45, 2.75) is 13.0 Å². The Bertz CT molecular complexity index is 774. The molecule has 7 heteroatoms. The minimum Gasteiger partial charge on any atom is -0.359 e. The molecular weight excluding hydrogens is 360 g/mol. The SMILES string of the molecule is C[C@H](C(=O)Nc1c(F)cccc1F)[NH+]1CCN(c2ccccc2Cl)CC1. The molecule has 0 bridgehead atoms. The molecule has 2 N–H and O–H groups in total. The summed E-state index contributed by atoms with van der Waals surface area (Å²) in [5.74, 6) is -1.94. The Kier molecular flexibility index (Phi) is 5.74. The van der Waals surface area contributed by atoms with Crippen LogP contribution in [0, 0.1) is 11.6 Å². The van der Waals surface area contributed by atoms with Crippen molar-refractivity contribution in [3.8, 4) is 0 Å². The molecule has 1 atom stereocenters. The van der Waals surface area contributed by atoms with Gasteiger partial charge in [-0.05, 0) is 31.2 Å². The van der Waals surface area contributed by atoms with Crippen LogP contribution in [0.25, 0.3) is 0 Å². The molecule has 0 unspecified atom stereocenters. The number of benzene rings is 2. The van der Waals surface area contributed by atoms with Gasteiger partial charge in [-0.15, -0.1) is 0 Å². The lowest BCUT2D eigenvalue weighted by Crippen LogP contribution is -3.19. The van der Waals surface area contributed by atoms with E-state index in [0.29, 0.717) is 5.02 Å². The summed E-state index contributed by atoms with van der Waals surface area (Å²) in [6, 6.07) is 10.8. The van der Waals surface area contributed by atoms with Gasteiger partial charge < -0.3 is 15.1 Å². The Hall–Kier alpha value is -2.18. The number of piperazine rings is 1. The summed E-state index contributed by atoms with van der Waals surface area (Å²) in [6.07, 6.45) is 0. The van der Waals surface area contributed by atoms with E-state index in [0.717, 1.165) is 48.9 Å². The Morgan fingerprint density at radius 2 is 1.73 bits per heavy atom. The zero-order valence-electron chi connectivity index (χ0n) is 14.4. The number of carbonyl (C=O) groups is 1. The summed E-state index contributed by atoms with van der Waals surface area (Å²) in [6.45, 7) is 4.75. The summed E-state index contributed by atoms with van der Waals surface area (Å²) < 4.78 is 27.4. The zero-order chi connectivity index (χ0) is 18.7. The Morgan fingerprint density at radius 3 is 2.35 bits per heavy atom. The topological polar surface area (TPSA) is 36.8 Å². The van der Waals surface area contributed by atoms with Gasteiger partial charge in [-0.2, -0.15) is 0 Å². The fourth-order valence-corrected chi connectivity index (χ4v) is 3.47. The average molecular weight is 381 g/mol. The van der Waals surface area contributed by atoms with E-state index >= 15 is 0 Å². The van der Waals surface area contributed by atoms with Crippen molar-refractivity contribution in [1.82, 2.24) is 0 Å². The molecule has 0 saturated carbocycles. The van der Waals surface area contributed by atoms with Gasteiger partial charge in [-0.3, -0.25) is 4.79 Å². The van der Waals surface area contributed by atoms with Crippen LogP contribution in [0.5, 0.6) is 0 Å². The number of quaternary nitrogens is 1. The number of hydrogen-bond donors (Lipinski definition) is 2. The maximum absolute atomic E-state index is 13.7. The Balaban J connectivity index is 1.60. The smallest absolute Gasteiger partial charge is 0.282 e. The first-order valence-corrected chi connectivity index (χ1v) is 8.94. The number of halogens is 3. The molecule has 1 heterocycles. The van der Waals surface area contributed by atoms with Crippen LogP contribution in [-0.4, -0.2) is 38.1 Å². The zero-order valence-corrected chi connectivity index (χ0v) is 15.2. The maximum Gasteiger partial charge on any atom is 0.282 e. The fourth-order valence-electron chi connectivity index (χ4n) is 3.21. The van der Waals surface area contributed by atoms with Gasteiger partial charge in [0.05, 0.1) is 36.9 Å². The highest BCUT2D eigenvalue weighted by molar-refractivity contribution is 6.33. The van der Waals surface area contributed by atoms with E-state index in [4.69, 9.17) is 11.6 Å². The standard InChI is InChI=1S/C19H20ClF2N3O/c1-13(19(26)23-18-15(21)6-4-7-16(18)22)24-9-11-25(12-10-24)17-8-3-2-5-14(17)20/h2-8,13H,9-12H2,1H3,(H,23,26)/p+1/t13-/m1/s1. The predicted octanol–water partition coefficient (Wildman–Crippen LogP) is 2.35. The van der Waals surface area contributed by atoms with Crippen molar-refractivity contribution >= 4 is 28.9 Å². The van der Waals surface area contributed by atoms with E-state index in [2.05, 4.69) is 10.2 Å². The van der Waals surface area contributed by atoms with Gasteiger partial charge >= 0.3 is 0 Å². The van der Waals surface area contributed by atoms with Crippen molar-refractivity contribution in [1.29, 1.82) is 0 Å². The lowest BCUT2D eigenvalue weighted by Gasteiger charge is -2.36. The first-order valence-electron chi connectivity index (χ1n) is 8.56. The minimum absolute atomic E-state index is 0.390. The molecule has 0 aromatic heterocycles. The van der Waals surface area contributed by atoms with Crippen molar-refractivity contribution in [3.05, 3.63) is 59.1 Å². The summed E-state index contributed by atoms with van der Waals surface area (Å²) in [5.41, 5.74) is 0.595. The molecule has 0 radical (unpaired) electrons. The second-order valence-corrected chi connectivity index (χ2v) is 6.81. The molecule has 26 heavy (non-hydrogen) atoms.